The Morgan fingerprint density at radius 2 is 1.70 bits per heavy atom. The Labute approximate surface area is 123 Å². The van der Waals surface area contributed by atoms with Crippen molar-refractivity contribution in [1.82, 2.24) is 9.97 Å². The Balaban J connectivity index is 2.52. The number of aromatic nitrogens is 2. The van der Waals surface area contributed by atoms with E-state index in [-0.39, 0.29) is 21.7 Å². The fourth-order valence-electron chi connectivity index (χ4n) is 1.69. The molecule has 0 saturated carbocycles. The SMILES string of the molecule is CCc1c(Cl)nc(-c2cccc(C(F)(F)F)c2)nc1Cl. The smallest absolute Gasteiger partial charge is 0.216 e. The normalized spacial score (nSPS) is 11.7. The first-order chi connectivity index (χ1) is 9.32. The monoisotopic (exact) mass is 320 g/mol. The van der Waals surface area contributed by atoms with Crippen LogP contribution in [0.15, 0.2) is 24.3 Å². The van der Waals surface area contributed by atoms with E-state index < -0.39 is 11.7 Å². The summed E-state index contributed by atoms with van der Waals surface area (Å²) >= 11 is 11.9. The van der Waals surface area contributed by atoms with Crippen molar-refractivity contribution in [2.24, 2.45) is 0 Å². The lowest BCUT2D eigenvalue weighted by molar-refractivity contribution is -0.137. The topological polar surface area (TPSA) is 25.8 Å². The molecule has 0 aliphatic rings. The third-order valence-corrected chi connectivity index (χ3v) is 3.33. The molecule has 106 valence electrons. The van der Waals surface area contributed by atoms with Gasteiger partial charge in [-0.15, -0.1) is 0 Å². The van der Waals surface area contributed by atoms with Gasteiger partial charge in [-0.1, -0.05) is 42.3 Å². The van der Waals surface area contributed by atoms with E-state index in [1.807, 2.05) is 6.92 Å². The van der Waals surface area contributed by atoms with Crippen LogP contribution in [-0.4, -0.2) is 9.97 Å². The molecule has 0 atom stereocenters. The van der Waals surface area contributed by atoms with E-state index in [4.69, 9.17) is 23.2 Å². The van der Waals surface area contributed by atoms with Crippen LogP contribution in [0.25, 0.3) is 11.4 Å². The molecule has 0 spiro atoms. The van der Waals surface area contributed by atoms with E-state index in [0.29, 0.717) is 12.0 Å². The number of benzene rings is 1. The highest BCUT2D eigenvalue weighted by molar-refractivity contribution is 6.34. The maximum absolute atomic E-state index is 12.7. The summed E-state index contributed by atoms with van der Waals surface area (Å²) in [5.41, 5.74) is 0.0146. The zero-order chi connectivity index (χ0) is 14.9. The Morgan fingerprint density at radius 1 is 1.10 bits per heavy atom. The van der Waals surface area contributed by atoms with Crippen LogP contribution < -0.4 is 0 Å². The van der Waals surface area contributed by atoms with Crippen molar-refractivity contribution in [2.75, 3.05) is 0 Å². The lowest BCUT2D eigenvalue weighted by Gasteiger charge is -2.09. The Morgan fingerprint density at radius 3 is 2.20 bits per heavy atom. The van der Waals surface area contributed by atoms with Crippen molar-refractivity contribution in [3.8, 4) is 11.4 Å². The second-order valence-electron chi connectivity index (χ2n) is 4.04. The highest BCUT2D eigenvalue weighted by Crippen LogP contribution is 2.32. The third-order valence-electron chi connectivity index (χ3n) is 2.71. The van der Waals surface area contributed by atoms with E-state index in [1.165, 1.54) is 12.1 Å². The van der Waals surface area contributed by atoms with Crippen LogP contribution in [-0.2, 0) is 12.6 Å². The standard InChI is InChI=1S/C13H9Cl2F3N2/c1-2-9-10(14)19-12(20-11(9)15)7-4-3-5-8(6-7)13(16,17)18/h3-6H,2H2,1H3. The van der Waals surface area contributed by atoms with Crippen molar-refractivity contribution < 1.29 is 13.2 Å². The molecule has 2 aromatic rings. The summed E-state index contributed by atoms with van der Waals surface area (Å²) in [6.45, 7) is 1.83. The average Bonchev–Trinajstić information content (AvgIpc) is 2.37. The van der Waals surface area contributed by atoms with Gasteiger partial charge in [0, 0.05) is 11.1 Å². The van der Waals surface area contributed by atoms with Crippen LogP contribution in [0.2, 0.25) is 10.3 Å². The van der Waals surface area contributed by atoms with Gasteiger partial charge in [0.2, 0.25) is 0 Å². The van der Waals surface area contributed by atoms with Gasteiger partial charge in [-0.3, -0.25) is 0 Å². The van der Waals surface area contributed by atoms with Crippen molar-refractivity contribution in [3.63, 3.8) is 0 Å². The van der Waals surface area contributed by atoms with Crippen molar-refractivity contribution in [2.45, 2.75) is 19.5 Å². The van der Waals surface area contributed by atoms with Gasteiger partial charge in [0.1, 0.15) is 10.3 Å². The maximum Gasteiger partial charge on any atom is 0.416 e. The van der Waals surface area contributed by atoms with Crippen molar-refractivity contribution in [3.05, 3.63) is 45.7 Å². The van der Waals surface area contributed by atoms with Crippen molar-refractivity contribution in [1.29, 1.82) is 0 Å². The van der Waals surface area contributed by atoms with Gasteiger partial charge in [-0.2, -0.15) is 13.2 Å². The predicted molar refractivity (Wildman–Crippen MR) is 71.9 cm³/mol. The van der Waals surface area contributed by atoms with Crippen LogP contribution in [0.3, 0.4) is 0 Å². The minimum absolute atomic E-state index is 0.0725. The molecule has 20 heavy (non-hydrogen) atoms. The molecular weight excluding hydrogens is 312 g/mol. The minimum atomic E-state index is -4.42. The van der Waals surface area contributed by atoms with Gasteiger partial charge in [-0.05, 0) is 18.6 Å². The van der Waals surface area contributed by atoms with Crippen molar-refractivity contribution >= 4 is 23.2 Å². The Kier molecular flexibility index (Phi) is 4.20. The molecule has 1 aromatic heterocycles. The van der Waals surface area contributed by atoms with Gasteiger partial charge < -0.3 is 0 Å². The highest BCUT2D eigenvalue weighted by atomic mass is 35.5. The number of nitrogens with zero attached hydrogens (tertiary/aromatic N) is 2. The van der Waals surface area contributed by atoms with Crippen LogP contribution in [0.4, 0.5) is 13.2 Å². The number of halogens is 5. The first kappa shape index (κ1) is 15.1. The van der Waals surface area contributed by atoms with Gasteiger partial charge in [0.25, 0.3) is 0 Å². The zero-order valence-electron chi connectivity index (χ0n) is 10.3. The summed E-state index contributed by atoms with van der Waals surface area (Å²) in [6.07, 6.45) is -3.88. The summed E-state index contributed by atoms with van der Waals surface area (Å²) in [5.74, 6) is 0.0725. The quantitative estimate of drug-likeness (QED) is 0.725. The molecule has 0 N–H and O–H groups in total. The van der Waals surface area contributed by atoms with E-state index in [0.717, 1.165) is 12.1 Å². The second-order valence-corrected chi connectivity index (χ2v) is 4.76. The van der Waals surface area contributed by atoms with Crippen LogP contribution in [0.1, 0.15) is 18.1 Å². The highest BCUT2D eigenvalue weighted by Gasteiger charge is 2.30. The molecule has 0 aliphatic heterocycles. The molecule has 0 unspecified atom stereocenters. The first-order valence-electron chi connectivity index (χ1n) is 5.72. The Bertz CT molecular complexity index is 619. The second kappa shape index (κ2) is 5.58. The third kappa shape index (κ3) is 3.04. The number of hydrogen-bond acceptors (Lipinski definition) is 2. The van der Waals surface area contributed by atoms with Gasteiger partial charge in [-0.25, -0.2) is 9.97 Å². The molecule has 2 rings (SSSR count). The molecule has 2 nitrogen and oxygen atoms in total. The van der Waals surface area contributed by atoms with Crippen LogP contribution in [0, 0.1) is 0 Å². The van der Waals surface area contributed by atoms with E-state index >= 15 is 0 Å². The minimum Gasteiger partial charge on any atom is -0.216 e. The molecule has 7 heteroatoms. The van der Waals surface area contributed by atoms with Gasteiger partial charge in [0.05, 0.1) is 5.56 Å². The van der Waals surface area contributed by atoms with Gasteiger partial charge >= 0.3 is 6.18 Å². The summed E-state index contributed by atoms with van der Waals surface area (Å²) in [6, 6.07) is 4.71. The fourth-order valence-corrected chi connectivity index (χ4v) is 2.34. The van der Waals surface area contributed by atoms with E-state index in [2.05, 4.69) is 9.97 Å². The molecule has 0 saturated heterocycles. The lowest BCUT2D eigenvalue weighted by Crippen LogP contribution is -2.05. The molecule has 1 aromatic carbocycles. The Hall–Kier alpha value is -1.33. The summed E-state index contributed by atoms with van der Waals surface area (Å²) in [7, 11) is 0. The molecule has 0 amide bonds. The largest absolute Gasteiger partial charge is 0.416 e. The average molecular weight is 321 g/mol. The fraction of sp³-hybridized carbons (Fsp3) is 0.231. The maximum atomic E-state index is 12.7. The summed E-state index contributed by atoms with van der Waals surface area (Å²) in [5, 5.41) is 0.305. The molecular formula is C13H9Cl2F3N2. The number of hydrogen-bond donors (Lipinski definition) is 0. The molecule has 1 heterocycles. The number of rotatable bonds is 2. The lowest BCUT2D eigenvalue weighted by atomic mass is 10.1. The molecule has 0 aliphatic carbocycles. The zero-order valence-corrected chi connectivity index (χ0v) is 11.8. The molecule has 0 radical (unpaired) electrons. The van der Waals surface area contributed by atoms with E-state index in [1.54, 1.807) is 0 Å². The predicted octanol–water partition coefficient (Wildman–Crippen LogP) is 5.03. The van der Waals surface area contributed by atoms with Crippen LogP contribution >= 0.6 is 23.2 Å². The van der Waals surface area contributed by atoms with E-state index in [9.17, 15) is 13.2 Å². The molecule has 0 bridgehead atoms. The summed E-state index contributed by atoms with van der Waals surface area (Å²) in [4.78, 5) is 8.00. The first-order valence-corrected chi connectivity index (χ1v) is 6.48. The van der Waals surface area contributed by atoms with Gasteiger partial charge in [0.15, 0.2) is 5.82 Å². The summed E-state index contributed by atoms with van der Waals surface area (Å²) < 4.78 is 38.0. The number of alkyl halides is 3. The molecule has 0 fully saturated rings. The van der Waals surface area contributed by atoms with Crippen LogP contribution in [0.5, 0.6) is 0 Å².